The lowest BCUT2D eigenvalue weighted by Gasteiger charge is -2.30. The first kappa shape index (κ1) is 11.9. The summed E-state index contributed by atoms with van der Waals surface area (Å²) >= 11 is 0. The molecule has 0 amide bonds. The quantitative estimate of drug-likeness (QED) is 0.749. The van der Waals surface area contributed by atoms with E-state index in [4.69, 9.17) is 5.73 Å². The van der Waals surface area contributed by atoms with Gasteiger partial charge in [0.05, 0.1) is 0 Å². The maximum atomic E-state index is 5.81. The molecule has 2 N–H and O–H groups in total. The van der Waals surface area contributed by atoms with Crippen LogP contribution in [0.25, 0.3) is 0 Å². The van der Waals surface area contributed by atoms with E-state index in [1.54, 1.807) is 0 Å². The Morgan fingerprint density at radius 2 is 2.07 bits per heavy atom. The summed E-state index contributed by atoms with van der Waals surface area (Å²) < 4.78 is 0. The van der Waals surface area contributed by atoms with Crippen molar-refractivity contribution in [2.45, 2.75) is 39.7 Å². The van der Waals surface area contributed by atoms with E-state index in [-0.39, 0.29) is 0 Å². The van der Waals surface area contributed by atoms with Crippen LogP contribution in [0.5, 0.6) is 0 Å². The van der Waals surface area contributed by atoms with Crippen LogP contribution < -0.4 is 10.6 Å². The van der Waals surface area contributed by atoms with E-state index in [2.05, 4.69) is 37.8 Å². The number of rotatable bonds is 5. The van der Waals surface area contributed by atoms with Crippen LogP contribution in [0.1, 0.15) is 33.6 Å². The Kier molecular flexibility index (Phi) is 4.47. The highest BCUT2D eigenvalue weighted by Gasteiger charge is 2.11. The first-order valence-electron chi connectivity index (χ1n) is 5.81. The highest BCUT2D eigenvalue weighted by atomic mass is 15.2. The summed E-state index contributed by atoms with van der Waals surface area (Å²) in [5.74, 6) is 0. The van der Waals surface area contributed by atoms with Crippen LogP contribution in [0.4, 0.5) is 11.4 Å². The Labute approximate surface area is 93.1 Å². The molecule has 1 aromatic rings. The van der Waals surface area contributed by atoms with Gasteiger partial charge in [0.2, 0.25) is 0 Å². The summed E-state index contributed by atoms with van der Waals surface area (Å²) in [6, 6.07) is 8.73. The molecule has 0 saturated heterocycles. The van der Waals surface area contributed by atoms with Gasteiger partial charge in [-0.15, -0.1) is 0 Å². The number of nitrogens with two attached hydrogens (primary N) is 1. The Morgan fingerprint density at radius 3 is 2.60 bits per heavy atom. The van der Waals surface area contributed by atoms with Gasteiger partial charge in [-0.05, 0) is 38.0 Å². The van der Waals surface area contributed by atoms with Crippen molar-refractivity contribution in [1.82, 2.24) is 0 Å². The van der Waals surface area contributed by atoms with Crippen LogP contribution in [0.3, 0.4) is 0 Å². The second-order valence-electron chi connectivity index (χ2n) is 4.05. The maximum absolute atomic E-state index is 5.81. The van der Waals surface area contributed by atoms with Crippen molar-refractivity contribution in [3.8, 4) is 0 Å². The molecular formula is C13H22N2. The first-order valence-corrected chi connectivity index (χ1v) is 5.81. The second kappa shape index (κ2) is 5.64. The van der Waals surface area contributed by atoms with Crippen molar-refractivity contribution in [3.63, 3.8) is 0 Å². The molecule has 0 aliphatic rings. The zero-order valence-corrected chi connectivity index (χ0v) is 10.0. The van der Waals surface area contributed by atoms with Crippen molar-refractivity contribution in [3.05, 3.63) is 24.3 Å². The molecule has 0 aliphatic heterocycles. The summed E-state index contributed by atoms with van der Waals surface area (Å²) in [5.41, 5.74) is 7.89. The predicted octanol–water partition coefficient (Wildman–Crippen LogP) is 3.28. The van der Waals surface area contributed by atoms with Gasteiger partial charge >= 0.3 is 0 Å². The van der Waals surface area contributed by atoms with Crippen LogP contribution >= 0.6 is 0 Å². The van der Waals surface area contributed by atoms with E-state index in [0.717, 1.165) is 18.7 Å². The molecule has 2 nitrogen and oxygen atoms in total. The van der Waals surface area contributed by atoms with E-state index < -0.39 is 0 Å². The van der Waals surface area contributed by atoms with Gasteiger partial charge in [-0.25, -0.2) is 0 Å². The topological polar surface area (TPSA) is 29.3 Å². The number of benzene rings is 1. The van der Waals surface area contributed by atoms with Crippen LogP contribution in [-0.4, -0.2) is 12.6 Å². The SMILES string of the molecule is CCCN(c1cccc(N)c1)C(C)CC. The van der Waals surface area contributed by atoms with Crippen LogP contribution in [0.2, 0.25) is 0 Å². The van der Waals surface area contributed by atoms with Crippen LogP contribution in [0, 0.1) is 0 Å². The van der Waals surface area contributed by atoms with E-state index in [9.17, 15) is 0 Å². The van der Waals surface area contributed by atoms with Crippen molar-refractivity contribution >= 4 is 11.4 Å². The van der Waals surface area contributed by atoms with Gasteiger partial charge in [-0.3, -0.25) is 0 Å². The van der Waals surface area contributed by atoms with Gasteiger partial charge < -0.3 is 10.6 Å². The number of anilines is 2. The Balaban J connectivity index is 2.88. The van der Waals surface area contributed by atoms with Gasteiger partial charge in [0.1, 0.15) is 0 Å². The Hall–Kier alpha value is -1.18. The highest BCUT2D eigenvalue weighted by molar-refractivity contribution is 5.56. The predicted molar refractivity (Wildman–Crippen MR) is 68.2 cm³/mol. The van der Waals surface area contributed by atoms with Crippen molar-refractivity contribution in [2.75, 3.05) is 17.2 Å². The normalized spacial score (nSPS) is 12.5. The van der Waals surface area contributed by atoms with E-state index >= 15 is 0 Å². The lowest BCUT2D eigenvalue weighted by molar-refractivity contribution is 0.610. The molecule has 0 fully saturated rings. The fraction of sp³-hybridized carbons (Fsp3) is 0.538. The molecule has 0 saturated carbocycles. The monoisotopic (exact) mass is 206 g/mol. The molecule has 0 aromatic heterocycles. The van der Waals surface area contributed by atoms with Gasteiger partial charge in [0.25, 0.3) is 0 Å². The van der Waals surface area contributed by atoms with E-state index in [1.165, 1.54) is 12.1 Å². The van der Waals surface area contributed by atoms with Crippen LogP contribution in [-0.2, 0) is 0 Å². The van der Waals surface area contributed by atoms with Gasteiger partial charge in [0, 0.05) is 24.0 Å². The summed E-state index contributed by atoms with van der Waals surface area (Å²) in [4.78, 5) is 2.43. The lowest BCUT2D eigenvalue weighted by atomic mass is 10.1. The third kappa shape index (κ3) is 3.15. The third-order valence-corrected chi connectivity index (χ3v) is 2.79. The fourth-order valence-electron chi connectivity index (χ4n) is 1.77. The average Bonchev–Trinajstić information content (AvgIpc) is 2.25. The molecule has 0 radical (unpaired) electrons. The Bertz CT molecular complexity index is 296. The minimum atomic E-state index is 0.576. The smallest absolute Gasteiger partial charge is 0.0389 e. The van der Waals surface area contributed by atoms with Crippen molar-refractivity contribution in [1.29, 1.82) is 0 Å². The molecule has 1 unspecified atom stereocenters. The highest BCUT2D eigenvalue weighted by Crippen LogP contribution is 2.21. The van der Waals surface area contributed by atoms with Crippen molar-refractivity contribution < 1.29 is 0 Å². The molecule has 1 rings (SSSR count). The third-order valence-electron chi connectivity index (χ3n) is 2.79. The molecule has 0 aliphatic carbocycles. The van der Waals surface area contributed by atoms with Crippen molar-refractivity contribution in [2.24, 2.45) is 0 Å². The first-order chi connectivity index (χ1) is 7.19. The zero-order valence-electron chi connectivity index (χ0n) is 10.0. The number of hydrogen-bond acceptors (Lipinski definition) is 2. The molecule has 0 bridgehead atoms. The minimum Gasteiger partial charge on any atom is -0.399 e. The molecular weight excluding hydrogens is 184 g/mol. The van der Waals surface area contributed by atoms with Gasteiger partial charge in [-0.2, -0.15) is 0 Å². The summed E-state index contributed by atoms with van der Waals surface area (Å²) in [6.45, 7) is 7.79. The number of nitrogen functional groups attached to an aromatic ring is 1. The maximum Gasteiger partial charge on any atom is 0.0389 e. The summed E-state index contributed by atoms with van der Waals surface area (Å²) in [7, 11) is 0. The van der Waals surface area contributed by atoms with Crippen LogP contribution in [0.15, 0.2) is 24.3 Å². The Morgan fingerprint density at radius 1 is 1.33 bits per heavy atom. The molecule has 1 aromatic carbocycles. The summed E-state index contributed by atoms with van der Waals surface area (Å²) in [6.07, 6.45) is 2.33. The minimum absolute atomic E-state index is 0.576. The van der Waals surface area contributed by atoms with Gasteiger partial charge in [-0.1, -0.05) is 19.9 Å². The largest absolute Gasteiger partial charge is 0.399 e. The van der Waals surface area contributed by atoms with E-state index in [0.29, 0.717) is 6.04 Å². The lowest BCUT2D eigenvalue weighted by Crippen LogP contribution is -2.33. The molecule has 2 heteroatoms. The number of nitrogens with zero attached hydrogens (tertiary/aromatic N) is 1. The number of hydrogen-bond donors (Lipinski definition) is 1. The molecule has 0 spiro atoms. The molecule has 1 atom stereocenters. The summed E-state index contributed by atoms with van der Waals surface area (Å²) in [5, 5.41) is 0. The average molecular weight is 206 g/mol. The zero-order chi connectivity index (χ0) is 11.3. The molecule has 84 valence electrons. The van der Waals surface area contributed by atoms with E-state index in [1.807, 2.05) is 12.1 Å². The molecule has 15 heavy (non-hydrogen) atoms. The van der Waals surface area contributed by atoms with Gasteiger partial charge in [0.15, 0.2) is 0 Å². The molecule has 0 heterocycles. The standard InChI is InChI=1S/C13H22N2/c1-4-9-15(11(3)5-2)13-8-6-7-12(14)10-13/h6-8,10-11H,4-5,9,14H2,1-3H3. The second-order valence-corrected chi connectivity index (χ2v) is 4.05. The fourth-order valence-corrected chi connectivity index (χ4v) is 1.77.